The first-order chi connectivity index (χ1) is 10.2. The van der Waals surface area contributed by atoms with E-state index in [0.717, 1.165) is 32.2 Å². The molecule has 0 rings (SSSR count). The molecule has 21 heavy (non-hydrogen) atoms. The average molecular weight is 298 g/mol. The van der Waals surface area contributed by atoms with Crippen LogP contribution in [-0.4, -0.2) is 42.8 Å². The van der Waals surface area contributed by atoms with Crippen molar-refractivity contribution in [3.05, 3.63) is 12.7 Å². The van der Waals surface area contributed by atoms with Crippen molar-refractivity contribution >= 4 is 5.91 Å². The Bertz CT molecular complexity index is 257. The molecule has 0 fully saturated rings. The van der Waals surface area contributed by atoms with Crippen LogP contribution in [0, 0.1) is 0 Å². The lowest BCUT2D eigenvalue weighted by atomic mass is 10.1. The number of aliphatic hydroxyl groups is 1. The van der Waals surface area contributed by atoms with Crippen molar-refractivity contribution in [1.82, 2.24) is 10.2 Å². The first-order valence-corrected chi connectivity index (χ1v) is 8.37. The van der Waals surface area contributed by atoms with Crippen LogP contribution in [0.25, 0.3) is 0 Å². The van der Waals surface area contributed by atoms with Gasteiger partial charge < -0.3 is 10.4 Å². The molecular formula is C17H34N2O2. The molecule has 4 heteroatoms. The number of rotatable bonds is 15. The molecule has 0 aliphatic heterocycles. The first kappa shape index (κ1) is 20.1. The van der Waals surface area contributed by atoms with Gasteiger partial charge in [0.2, 0.25) is 5.91 Å². The minimum Gasteiger partial charge on any atom is -0.396 e. The molecule has 2 N–H and O–H groups in total. The molecule has 1 amide bonds. The van der Waals surface area contributed by atoms with E-state index in [1.165, 1.54) is 32.1 Å². The lowest BCUT2D eigenvalue weighted by molar-refractivity contribution is -0.121. The number of allylic oxidation sites excluding steroid dienone is 1. The summed E-state index contributed by atoms with van der Waals surface area (Å²) in [5, 5.41) is 11.6. The summed E-state index contributed by atoms with van der Waals surface area (Å²) in [7, 11) is 2.05. The van der Waals surface area contributed by atoms with Crippen LogP contribution >= 0.6 is 0 Å². The number of aliphatic hydroxyl groups excluding tert-OH is 1. The zero-order valence-electron chi connectivity index (χ0n) is 13.8. The van der Waals surface area contributed by atoms with Gasteiger partial charge in [0.15, 0.2) is 0 Å². The number of nitrogens with one attached hydrogen (secondary N) is 1. The summed E-state index contributed by atoms with van der Waals surface area (Å²) < 4.78 is 0. The van der Waals surface area contributed by atoms with E-state index in [-0.39, 0.29) is 5.91 Å². The molecule has 0 aromatic heterocycles. The molecule has 0 radical (unpaired) electrons. The summed E-state index contributed by atoms with van der Waals surface area (Å²) in [6.45, 7) is 5.65. The summed E-state index contributed by atoms with van der Waals surface area (Å²) in [6, 6.07) is 0. The SMILES string of the molecule is C=CCCCC(=O)NCN(C)CCCCCCCCCO. The standard InChI is InChI=1S/C17H34N2O2/c1-3-4-10-13-17(21)18-16-19(2)14-11-8-6-5-7-9-12-15-20/h3,20H,1,4-16H2,2H3,(H,18,21). The Morgan fingerprint density at radius 3 is 2.33 bits per heavy atom. The number of hydrogen-bond acceptors (Lipinski definition) is 3. The number of unbranched alkanes of at least 4 members (excludes halogenated alkanes) is 7. The minimum atomic E-state index is 0.132. The number of carbonyl (C=O) groups excluding carboxylic acids is 1. The second kappa shape index (κ2) is 15.5. The maximum atomic E-state index is 11.5. The van der Waals surface area contributed by atoms with Crippen LogP contribution in [0.2, 0.25) is 0 Å². The maximum Gasteiger partial charge on any atom is 0.221 e. The maximum absolute atomic E-state index is 11.5. The monoisotopic (exact) mass is 298 g/mol. The molecule has 0 aliphatic carbocycles. The Labute approximate surface area is 130 Å². The van der Waals surface area contributed by atoms with Crippen LogP contribution in [0.3, 0.4) is 0 Å². The summed E-state index contributed by atoms with van der Waals surface area (Å²) in [4.78, 5) is 13.7. The number of amides is 1. The van der Waals surface area contributed by atoms with Gasteiger partial charge in [0, 0.05) is 13.0 Å². The third-order valence-electron chi connectivity index (χ3n) is 3.56. The Balaban J connectivity index is 3.31. The van der Waals surface area contributed by atoms with Crippen LogP contribution in [0.1, 0.15) is 64.2 Å². The zero-order valence-corrected chi connectivity index (χ0v) is 13.8. The second-order valence-corrected chi connectivity index (χ2v) is 5.72. The summed E-state index contributed by atoms with van der Waals surface area (Å²) in [5.41, 5.74) is 0. The first-order valence-electron chi connectivity index (χ1n) is 8.37. The predicted molar refractivity (Wildman–Crippen MR) is 89.1 cm³/mol. The Kier molecular flexibility index (Phi) is 14.9. The van der Waals surface area contributed by atoms with Gasteiger partial charge in [-0.2, -0.15) is 0 Å². The molecule has 0 spiro atoms. The van der Waals surface area contributed by atoms with E-state index in [4.69, 9.17) is 5.11 Å². The Hall–Kier alpha value is -0.870. The summed E-state index contributed by atoms with van der Waals surface area (Å²) >= 11 is 0. The third-order valence-corrected chi connectivity index (χ3v) is 3.56. The highest BCUT2D eigenvalue weighted by atomic mass is 16.2. The van der Waals surface area contributed by atoms with Gasteiger partial charge in [0.05, 0.1) is 6.67 Å². The molecule has 0 saturated carbocycles. The Morgan fingerprint density at radius 2 is 1.71 bits per heavy atom. The van der Waals surface area contributed by atoms with E-state index >= 15 is 0 Å². The molecule has 0 unspecified atom stereocenters. The Morgan fingerprint density at radius 1 is 1.10 bits per heavy atom. The van der Waals surface area contributed by atoms with Crippen molar-refractivity contribution in [2.24, 2.45) is 0 Å². The van der Waals surface area contributed by atoms with Gasteiger partial charge in [0.1, 0.15) is 0 Å². The second-order valence-electron chi connectivity index (χ2n) is 5.72. The highest BCUT2D eigenvalue weighted by Gasteiger charge is 2.02. The number of carbonyl (C=O) groups is 1. The van der Waals surface area contributed by atoms with E-state index in [0.29, 0.717) is 19.7 Å². The van der Waals surface area contributed by atoms with Crippen molar-refractivity contribution in [2.45, 2.75) is 64.2 Å². The normalized spacial score (nSPS) is 10.8. The van der Waals surface area contributed by atoms with Gasteiger partial charge in [-0.1, -0.05) is 38.2 Å². The van der Waals surface area contributed by atoms with Crippen molar-refractivity contribution in [1.29, 1.82) is 0 Å². The fourth-order valence-electron chi connectivity index (χ4n) is 2.17. The molecule has 0 aromatic rings. The minimum absolute atomic E-state index is 0.132. The summed E-state index contributed by atoms with van der Waals surface area (Å²) in [6.07, 6.45) is 12.5. The molecular weight excluding hydrogens is 264 g/mol. The van der Waals surface area contributed by atoms with Crippen molar-refractivity contribution in [3.8, 4) is 0 Å². The van der Waals surface area contributed by atoms with E-state index in [1.54, 1.807) is 0 Å². The molecule has 0 bridgehead atoms. The van der Waals surface area contributed by atoms with Crippen molar-refractivity contribution in [3.63, 3.8) is 0 Å². The molecule has 0 aromatic carbocycles. The number of nitrogens with zero attached hydrogens (tertiary/aromatic N) is 1. The van der Waals surface area contributed by atoms with Crippen molar-refractivity contribution in [2.75, 3.05) is 26.9 Å². The van der Waals surface area contributed by atoms with Crippen LogP contribution in [0.15, 0.2) is 12.7 Å². The smallest absolute Gasteiger partial charge is 0.221 e. The largest absolute Gasteiger partial charge is 0.396 e. The van der Waals surface area contributed by atoms with Crippen LogP contribution in [0.4, 0.5) is 0 Å². The molecule has 4 nitrogen and oxygen atoms in total. The van der Waals surface area contributed by atoms with E-state index in [2.05, 4.69) is 16.8 Å². The lowest BCUT2D eigenvalue weighted by Gasteiger charge is -2.17. The molecule has 0 heterocycles. The topological polar surface area (TPSA) is 52.6 Å². The van der Waals surface area contributed by atoms with Gasteiger partial charge in [-0.25, -0.2) is 0 Å². The zero-order chi connectivity index (χ0) is 15.8. The molecule has 0 saturated heterocycles. The molecule has 124 valence electrons. The highest BCUT2D eigenvalue weighted by molar-refractivity contribution is 5.75. The van der Waals surface area contributed by atoms with E-state index in [9.17, 15) is 4.79 Å². The number of hydrogen-bond donors (Lipinski definition) is 2. The van der Waals surface area contributed by atoms with Gasteiger partial charge in [-0.3, -0.25) is 9.69 Å². The fourth-order valence-corrected chi connectivity index (χ4v) is 2.17. The van der Waals surface area contributed by atoms with Gasteiger partial charge in [-0.05, 0) is 39.3 Å². The van der Waals surface area contributed by atoms with Crippen molar-refractivity contribution < 1.29 is 9.90 Å². The van der Waals surface area contributed by atoms with Gasteiger partial charge in [-0.15, -0.1) is 6.58 Å². The van der Waals surface area contributed by atoms with E-state index in [1.807, 2.05) is 13.1 Å². The molecule has 0 atom stereocenters. The van der Waals surface area contributed by atoms with Crippen LogP contribution < -0.4 is 5.32 Å². The average Bonchev–Trinajstić information content (AvgIpc) is 2.48. The third kappa shape index (κ3) is 15.3. The molecule has 0 aliphatic rings. The highest BCUT2D eigenvalue weighted by Crippen LogP contribution is 2.07. The van der Waals surface area contributed by atoms with Gasteiger partial charge >= 0.3 is 0 Å². The lowest BCUT2D eigenvalue weighted by Crippen LogP contribution is -2.35. The summed E-state index contributed by atoms with van der Waals surface area (Å²) in [5.74, 6) is 0.132. The van der Waals surface area contributed by atoms with E-state index < -0.39 is 0 Å². The fraction of sp³-hybridized carbons (Fsp3) is 0.824. The predicted octanol–water partition coefficient (Wildman–Crippen LogP) is 3.07. The van der Waals surface area contributed by atoms with Gasteiger partial charge in [0.25, 0.3) is 0 Å². The van der Waals surface area contributed by atoms with Crippen LogP contribution in [0.5, 0.6) is 0 Å². The van der Waals surface area contributed by atoms with Crippen LogP contribution in [-0.2, 0) is 4.79 Å². The quantitative estimate of drug-likeness (QED) is 0.277.